The molecular weight excluding hydrogens is 368 g/mol. The highest BCUT2D eigenvalue weighted by molar-refractivity contribution is 5.88. The molecule has 3 aromatic rings. The zero-order chi connectivity index (χ0) is 19.8. The summed E-state index contributed by atoms with van der Waals surface area (Å²) < 4.78 is 28.0. The van der Waals surface area contributed by atoms with E-state index in [1.165, 1.54) is 26.4 Å². The largest absolute Gasteiger partial charge is 0.504 e. The first-order valence-corrected chi connectivity index (χ1v) is 8.51. The molecule has 0 spiro atoms. The van der Waals surface area contributed by atoms with E-state index in [4.69, 9.17) is 23.4 Å². The van der Waals surface area contributed by atoms with Crippen molar-refractivity contribution in [3.05, 3.63) is 52.4 Å². The number of aromatic hydroxyl groups is 1. The summed E-state index contributed by atoms with van der Waals surface area (Å²) >= 11 is 0. The number of benzene rings is 2. The van der Waals surface area contributed by atoms with E-state index in [9.17, 15) is 15.0 Å². The van der Waals surface area contributed by atoms with Crippen LogP contribution in [-0.4, -0.2) is 37.1 Å². The van der Waals surface area contributed by atoms with Gasteiger partial charge in [-0.1, -0.05) is 6.07 Å². The van der Waals surface area contributed by atoms with Gasteiger partial charge in [-0.25, -0.2) is 4.79 Å². The molecule has 0 saturated heterocycles. The maximum Gasteiger partial charge on any atom is 0.336 e. The molecule has 0 bridgehead atoms. The Balaban J connectivity index is 1.89. The molecule has 0 amide bonds. The molecule has 28 heavy (non-hydrogen) atoms. The number of rotatable bonds is 4. The van der Waals surface area contributed by atoms with Crippen LogP contribution in [0, 0.1) is 0 Å². The molecule has 0 saturated carbocycles. The van der Waals surface area contributed by atoms with Crippen molar-refractivity contribution in [3.8, 4) is 28.7 Å². The van der Waals surface area contributed by atoms with Gasteiger partial charge in [0.05, 0.1) is 20.8 Å². The molecule has 2 aromatic carbocycles. The van der Waals surface area contributed by atoms with E-state index < -0.39 is 17.8 Å². The second kappa shape index (κ2) is 6.97. The van der Waals surface area contributed by atoms with E-state index in [-0.39, 0.29) is 35.2 Å². The van der Waals surface area contributed by atoms with E-state index in [0.717, 1.165) is 0 Å². The van der Waals surface area contributed by atoms with E-state index >= 15 is 0 Å². The van der Waals surface area contributed by atoms with Crippen molar-refractivity contribution in [3.63, 3.8) is 0 Å². The Morgan fingerprint density at radius 2 is 1.79 bits per heavy atom. The molecule has 8 nitrogen and oxygen atoms in total. The van der Waals surface area contributed by atoms with Gasteiger partial charge in [0.15, 0.2) is 35.0 Å². The zero-order valence-electron chi connectivity index (χ0n) is 15.2. The SMILES string of the molecule is COc1cc([C@@H]2Oc3c(c(OC)cc4ccc(=O)oc34)O[C@H]2CO)ccc1O. The first kappa shape index (κ1) is 18.0. The summed E-state index contributed by atoms with van der Waals surface area (Å²) in [6.45, 7) is -0.340. The van der Waals surface area contributed by atoms with Gasteiger partial charge >= 0.3 is 5.63 Å². The topological polar surface area (TPSA) is 108 Å². The standard InChI is InChI=1S/C20H18O8/c1-24-13-7-10(3-5-12(13)22)17-15(9-21)26-19-14(25-2)8-11-4-6-16(23)27-18(11)20(19)28-17/h3-8,15,17,21-22H,9H2,1-2H3/t15-,17-/m0/s1. The van der Waals surface area contributed by atoms with Crippen LogP contribution in [0.3, 0.4) is 0 Å². The fraction of sp³-hybridized carbons (Fsp3) is 0.250. The second-order valence-electron chi connectivity index (χ2n) is 6.22. The first-order valence-electron chi connectivity index (χ1n) is 8.51. The molecule has 2 atom stereocenters. The predicted molar refractivity (Wildman–Crippen MR) is 98.6 cm³/mol. The van der Waals surface area contributed by atoms with Crippen molar-refractivity contribution in [2.45, 2.75) is 12.2 Å². The highest BCUT2D eigenvalue weighted by Gasteiger charge is 2.37. The average Bonchev–Trinajstić information content (AvgIpc) is 2.72. The zero-order valence-corrected chi connectivity index (χ0v) is 15.2. The lowest BCUT2D eigenvalue weighted by molar-refractivity contribution is -0.0137. The predicted octanol–water partition coefficient (Wildman–Crippen LogP) is 2.39. The molecule has 1 aliphatic heterocycles. The number of hydrogen-bond acceptors (Lipinski definition) is 8. The molecule has 2 heterocycles. The molecule has 1 aromatic heterocycles. The van der Waals surface area contributed by atoms with Crippen LogP contribution in [0.2, 0.25) is 0 Å². The number of phenolic OH excluding ortho intramolecular Hbond substituents is 1. The molecule has 8 heteroatoms. The van der Waals surface area contributed by atoms with Crippen LogP contribution in [0.15, 0.2) is 45.6 Å². The molecule has 4 rings (SSSR count). The Kier molecular flexibility index (Phi) is 4.48. The Morgan fingerprint density at radius 3 is 2.50 bits per heavy atom. The molecule has 0 radical (unpaired) electrons. The molecule has 0 unspecified atom stereocenters. The number of hydrogen-bond donors (Lipinski definition) is 2. The molecule has 1 aliphatic rings. The van der Waals surface area contributed by atoms with Gasteiger partial charge in [0.25, 0.3) is 0 Å². The van der Waals surface area contributed by atoms with Crippen LogP contribution in [0.5, 0.6) is 28.7 Å². The van der Waals surface area contributed by atoms with Crippen molar-refractivity contribution in [1.82, 2.24) is 0 Å². The molecule has 2 N–H and O–H groups in total. The molecular formula is C20H18O8. The fourth-order valence-corrected chi connectivity index (χ4v) is 3.21. The number of ether oxygens (including phenoxy) is 4. The number of methoxy groups -OCH3 is 2. The minimum atomic E-state index is -0.761. The van der Waals surface area contributed by atoms with Crippen molar-refractivity contribution in [2.24, 2.45) is 0 Å². The van der Waals surface area contributed by atoms with Crippen LogP contribution in [0.4, 0.5) is 0 Å². The van der Waals surface area contributed by atoms with Gasteiger partial charge in [0.1, 0.15) is 0 Å². The number of aliphatic hydroxyl groups excluding tert-OH is 1. The summed E-state index contributed by atoms with van der Waals surface area (Å²) in [5.41, 5.74) is 0.291. The number of fused-ring (bicyclic) bond motifs is 3. The minimum absolute atomic E-state index is 0.0259. The normalized spacial score (nSPS) is 18.1. The molecule has 0 fully saturated rings. The van der Waals surface area contributed by atoms with Gasteiger partial charge in [-0.2, -0.15) is 0 Å². The number of aliphatic hydroxyl groups is 1. The summed E-state index contributed by atoms with van der Waals surface area (Å²) in [7, 11) is 2.91. The van der Waals surface area contributed by atoms with Crippen LogP contribution in [-0.2, 0) is 0 Å². The van der Waals surface area contributed by atoms with Crippen molar-refractivity contribution in [2.75, 3.05) is 20.8 Å². The van der Waals surface area contributed by atoms with E-state index in [2.05, 4.69) is 0 Å². The van der Waals surface area contributed by atoms with Crippen LogP contribution < -0.4 is 24.6 Å². The van der Waals surface area contributed by atoms with Crippen molar-refractivity contribution < 1.29 is 33.6 Å². The van der Waals surface area contributed by atoms with Crippen molar-refractivity contribution >= 4 is 11.0 Å². The van der Waals surface area contributed by atoms with Gasteiger partial charge in [0, 0.05) is 17.0 Å². The third-order valence-electron chi connectivity index (χ3n) is 4.57. The monoisotopic (exact) mass is 386 g/mol. The number of phenols is 1. The van der Waals surface area contributed by atoms with Gasteiger partial charge < -0.3 is 33.6 Å². The Morgan fingerprint density at radius 1 is 1.00 bits per heavy atom. The van der Waals surface area contributed by atoms with Gasteiger partial charge in [-0.3, -0.25) is 0 Å². The van der Waals surface area contributed by atoms with E-state index in [1.54, 1.807) is 24.3 Å². The Hall–Kier alpha value is -3.39. The molecule has 0 aliphatic carbocycles. The van der Waals surface area contributed by atoms with Crippen molar-refractivity contribution in [1.29, 1.82) is 0 Å². The lowest BCUT2D eigenvalue weighted by atomic mass is 10.0. The lowest BCUT2D eigenvalue weighted by Crippen LogP contribution is -2.36. The third kappa shape index (κ3) is 2.87. The smallest absolute Gasteiger partial charge is 0.336 e. The average molecular weight is 386 g/mol. The Bertz CT molecular complexity index is 1090. The highest BCUT2D eigenvalue weighted by atomic mass is 16.6. The maximum absolute atomic E-state index is 11.7. The first-order chi connectivity index (χ1) is 13.5. The van der Waals surface area contributed by atoms with E-state index in [1.807, 2.05) is 0 Å². The van der Waals surface area contributed by atoms with Gasteiger partial charge in [-0.05, 0) is 24.3 Å². The minimum Gasteiger partial charge on any atom is -0.504 e. The van der Waals surface area contributed by atoms with Gasteiger partial charge in [0.2, 0.25) is 11.5 Å². The maximum atomic E-state index is 11.7. The Labute approximate surface area is 159 Å². The second-order valence-corrected chi connectivity index (χ2v) is 6.22. The summed E-state index contributed by atoms with van der Waals surface area (Å²) in [5.74, 6) is 1.06. The van der Waals surface area contributed by atoms with Gasteiger partial charge in [-0.15, -0.1) is 0 Å². The molecule has 146 valence electrons. The highest BCUT2D eigenvalue weighted by Crippen LogP contribution is 2.49. The summed E-state index contributed by atoms with van der Waals surface area (Å²) in [6, 6.07) is 9.26. The summed E-state index contributed by atoms with van der Waals surface area (Å²) in [4.78, 5) is 11.7. The quantitative estimate of drug-likeness (QED) is 0.658. The fourth-order valence-electron chi connectivity index (χ4n) is 3.21. The third-order valence-corrected chi connectivity index (χ3v) is 4.57. The lowest BCUT2D eigenvalue weighted by Gasteiger charge is -2.34. The summed E-state index contributed by atoms with van der Waals surface area (Å²) in [6.07, 6.45) is -1.50. The van der Waals surface area contributed by atoms with Crippen LogP contribution in [0.25, 0.3) is 11.0 Å². The summed E-state index contributed by atoms with van der Waals surface area (Å²) in [5, 5.41) is 20.3. The van der Waals surface area contributed by atoms with E-state index in [0.29, 0.717) is 16.7 Å². The van der Waals surface area contributed by atoms with Crippen LogP contribution >= 0.6 is 0 Å². The van der Waals surface area contributed by atoms with Crippen LogP contribution in [0.1, 0.15) is 11.7 Å².